The third-order valence-corrected chi connectivity index (χ3v) is 8.06. The highest BCUT2D eigenvalue weighted by Crippen LogP contribution is 2.34. The first-order chi connectivity index (χ1) is 24.5. The number of nitrogens with zero attached hydrogens (tertiary/aromatic N) is 1. The number of cyclic esters (lactones) is 1. The van der Waals surface area contributed by atoms with E-state index in [2.05, 4.69) is 24.4 Å². The Labute approximate surface area is 307 Å². The molecule has 1 saturated heterocycles. The van der Waals surface area contributed by atoms with Crippen LogP contribution in [0.15, 0.2) is 109 Å². The molecule has 1 heterocycles. The van der Waals surface area contributed by atoms with Gasteiger partial charge in [-0.3, -0.25) is 4.79 Å². The van der Waals surface area contributed by atoms with E-state index in [9.17, 15) is 14.4 Å². The number of carbonyl (C=O) groups excluding carboxylic acids is 3. The summed E-state index contributed by atoms with van der Waals surface area (Å²) in [6.45, 7) is 11.4. The molecule has 0 saturated carbocycles. The van der Waals surface area contributed by atoms with E-state index < -0.39 is 40.9 Å². The molecule has 1 fully saturated rings. The number of imide groups is 1. The van der Waals surface area contributed by atoms with Crippen LogP contribution in [0.4, 0.5) is 10.5 Å². The van der Waals surface area contributed by atoms with Crippen LogP contribution in [0.2, 0.25) is 0 Å². The third kappa shape index (κ3) is 12.4. The van der Waals surface area contributed by atoms with Crippen LogP contribution in [0.25, 0.3) is 0 Å². The van der Waals surface area contributed by atoms with Gasteiger partial charge < -0.3 is 24.3 Å². The number of esters is 1. The van der Waals surface area contributed by atoms with E-state index in [0.29, 0.717) is 5.75 Å². The van der Waals surface area contributed by atoms with Crippen LogP contribution >= 0.6 is 12.6 Å². The van der Waals surface area contributed by atoms with Crippen molar-refractivity contribution >= 4 is 36.3 Å². The Balaban J connectivity index is 0.000000499. The lowest BCUT2D eigenvalue weighted by molar-refractivity contribution is -0.157. The van der Waals surface area contributed by atoms with Crippen molar-refractivity contribution in [3.8, 4) is 11.5 Å². The van der Waals surface area contributed by atoms with Gasteiger partial charge in [-0.15, -0.1) is 0 Å². The maximum Gasteiger partial charge on any atom is 0.417 e. The monoisotopic (exact) mass is 714 g/mol. The Hall–Kier alpha value is -4.96. The molecule has 0 aliphatic carbocycles. The predicted molar refractivity (Wildman–Crippen MR) is 204 cm³/mol. The summed E-state index contributed by atoms with van der Waals surface area (Å²) in [5.74, 6) is 0.449. The molecule has 272 valence electrons. The van der Waals surface area contributed by atoms with Gasteiger partial charge in [0.2, 0.25) is 5.91 Å². The molecule has 51 heavy (non-hydrogen) atoms. The first kappa shape index (κ1) is 40.5. The molecule has 1 aliphatic rings. The maximum absolute atomic E-state index is 13.7. The summed E-state index contributed by atoms with van der Waals surface area (Å²) in [5, 5.41) is 2.44. The van der Waals surface area contributed by atoms with Crippen LogP contribution in [0, 0.1) is 0 Å². The second-order valence-electron chi connectivity index (χ2n) is 12.3. The quantitative estimate of drug-likeness (QED) is 0.117. The van der Waals surface area contributed by atoms with E-state index in [1.165, 1.54) is 5.56 Å². The highest BCUT2D eigenvalue weighted by Gasteiger charge is 2.43. The molecule has 1 aliphatic heterocycles. The number of benzene rings is 4. The standard InChI is InChI=1S/C30H32N2O6S.C9H12O.C2H6/c1-30(2,3)38-25(33)19-36-23-16-14-21(15-17-23)26(31-22-12-8-5-9-13-22)27(39)28(34)32-24(18-37-29(32)35)20-10-6-4-7-11-20;1-3-8-4-6-9(10-2)7-5-8;1-2/h4-17,24,26-27,31,39H,18-19H2,1-3H3;4-7H,3H2,1-2H3;1-2H3/t24-,26+,27-;;/m1../s1. The number of rotatable bonds is 11. The van der Waals surface area contributed by atoms with Crippen LogP contribution in [-0.2, 0) is 25.5 Å². The lowest BCUT2D eigenvalue weighted by Crippen LogP contribution is -2.43. The molecule has 5 rings (SSSR count). The summed E-state index contributed by atoms with van der Waals surface area (Å²) < 4.78 is 21.1. The van der Waals surface area contributed by atoms with Gasteiger partial charge in [0, 0.05) is 5.69 Å². The molecule has 4 aromatic rings. The van der Waals surface area contributed by atoms with Crippen LogP contribution in [0.1, 0.15) is 70.3 Å². The SMILES string of the molecule is CC.CC(C)(C)OC(=O)COc1ccc([C@H](Nc2ccccc2)[C@@H](S)C(=O)N2C(=O)OC[C@@H]2c2ccccc2)cc1.CCc1ccc(OC)cc1. The van der Waals surface area contributed by atoms with Crippen molar-refractivity contribution in [2.75, 3.05) is 25.6 Å². The molecular formula is C41H50N2O7S. The number of methoxy groups -OCH3 is 1. The number of ether oxygens (including phenoxy) is 4. The number of para-hydroxylation sites is 1. The third-order valence-electron chi connectivity index (χ3n) is 7.54. The first-order valence-corrected chi connectivity index (χ1v) is 17.6. The smallest absolute Gasteiger partial charge is 0.417 e. The second-order valence-corrected chi connectivity index (χ2v) is 12.8. The highest BCUT2D eigenvalue weighted by molar-refractivity contribution is 7.81. The zero-order chi connectivity index (χ0) is 37.4. The number of nitrogens with one attached hydrogen (secondary N) is 1. The van der Waals surface area contributed by atoms with Gasteiger partial charge in [0.1, 0.15) is 35.0 Å². The average molecular weight is 715 g/mol. The van der Waals surface area contributed by atoms with Crippen LogP contribution in [-0.4, -0.2) is 54.0 Å². The van der Waals surface area contributed by atoms with Crippen LogP contribution in [0.3, 0.4) is 0 Å². The zero-order valence-corrected chi connectivity index (χ0v) is 31.4. The molecule has 10 heteroatoms. The summed E-state index contributed by atoms with van der Waals surface area (Å²) in [5.41, 5.74) is 3.07. The minimum atomic E-state index is -0.935. The number of amides is 2. The Morgan fingerprint density at radius 1 is 0.882 bits per heavy atom. The molecule has 0 aromatic heterocycles. The van der Waals surface area contributed by atoms with E-state index in [1.807, 2.05) is 86.6 Å². The van der Waals surface area contributed by atoms with Crippen molar-refractivity contribution in [1.82, 2.24) is 4.90 Å². The van der Waals surface area contributed by atoms with Crippen LogP contribution < -0.4 is 14.8 Å². The number of hydrogen-bond acceptors (Lipinski definition) is 9. The fourth-order valence-electron chi connectivity index (χ4n) is 5.08. The molecule has 1 N–H and O–H groups in total. The fourth-order valence-corrected chi connectivity index (χ4v) is 5.45. The molecule has 2 amide bonds. The van der Waals surface area contributed by atoms with Crippen molar-refractivity contribution in [1.29, 1.82) is 0 Å². The number of anilines is 1. The van der Waals surface area contributed by atoms with Gasteiger partial charge in [-0.2, -0.15) is 12.6 Å². The van der Waals surface area contributed by atoms with Crippen molar-refractivity contribution in [3.63, 3.8) is 0 Å². The van der Waals surface area contributed by atoms with Crippen LogP contribution in [0.5, 0.6) is 11.5 Å². The van der Waals surface area contributed by atoms with Crippen molar-refractivity contribution < 1.29 is 33.3 Å². The van der Waals surface area contributed by atoms with Gasteiger partial charge in [-0.1, -0.05) is 93.6 Å². The maximum atomic E-state index is 13.7. The van der Waals surface area contributed by atoms with Gasteiger partial charge in [0.05, 0.1) is 13.2 Å². The fraction of sp³-hybridized carbons (Fsp3) is 0.341. The Morgan fingerprint density at radius 3 is 2.00 bits per heavy atom. The average Bonchev–Trinajstić information content (AvgIpc) is 3.55. The van der Waals surface area contributed by atoms with Gasteiger partial charge in [0.25, 0.3) is 0 Å². The summed E-state index contributed by atoms with van der Waals surface area (Å²) in [6, 6.07) is 32.7. The zero-order valence-electron chi connectivity index (χ0n) is 30.5. The summed E-state index contributed by atoms with van der Waals surface area (Å²) in [6.07, 6.45) is 0.390. The normalized spacial score (nSPS) is 14.7. The first-order valence-electron chi connectivity index (χ1n) is 17.1. The lowest BCUT2D eigenvalue weighted by atomic mass is 10.0. The number of hydrogen-bond donors (Lipinski definition) is 2. The van der Waals surface area contributed by atoms with E-state index in [-0.39, 0.29) is 13.2 Å². The molecular weight excluding hydrogens is 665 g/mol. The Morgan fingerprint density at radius 2 is 1.45 bits per heavy atom. The van der Waals surface area contributed by atoms with E-state index in [1.54, 1.807) is 52.1 Å². The Bertz CT molecular complexity index is 1620. The van der Waals surface area contributed by atoms with E-state index >= 15 is 0 Å². The topological polar surface area (TPSA) is 103 Å². The van der Waals surface area contributed by atoms with Gasteiger partial charge in [-0.05, 0) is 80.3 Å². The summed E-state index contributed by atoms with van der Waals surface area (Å²) >= 11 is 4.71. The lowest BCUT2D eigenvalue weighted by Gasteiger charge is -2.29. The molecule has 0 radical (unpaired) electrons. The minimum Gasteiger partial charge on any atom is -0.497 e. The van der Waals surface area contributed by atoms with Crippen molar-refractivity contribution in [2.45, 2.75) is 70.9 Å². The molecule has 3 atom stereocenters. The predicted octanol–water partition coefficient (Wildman–Crippen LogP) is 8.86. The number of aryl methyl sites for hydroxylation is 1. The van der Waals surface area contributed by atoms with E-state index in [4.69, 9.17) is 31.6 Å². The molecule has 4 aromatic carbocycles. The largest absolute Gasteiger partial charge is 0.497 e. The van der Waals surface area contributed by atoms with Gasteiger partial charge in [-0.25, -0.2) is 14.5 Å². The molecule has 9 nitrogen and oxygen atoms in total. The summed E-state index contributed by atoms with van der Waals surface area (Å²) in [4.78, 5) is 39.5. The second kappa shape index (κ2) is 20.0. The van der Waals surface area contributed by atoms with Crippen molar-refractivity contribution in [2.24, 2.45) is 0 Å². The van der Waals surface area contributed by atoms with Gasteiger partial charge in [0.15, 0.2) is 6.61 Å². The summed E-state index contributed by atoms with van der Waals surface area (Å²) in [7, 11) is 1.68. The van der Waals surface area contributed by atoms with E-state index in [0.717, 1.165) is 33.9 Å². The van der Waals surface area contributed by atoms with Gasteiger partial charge >= 0.3 is 12.1 Å². The number of carbonyl (C=O) groups is 3. The highest BCUT2D eigenvalue weighted by atomic mass is 32.1. The Kier molecular flexibility index (Phi) is 15.9. The molecule has 0 bridgehead atoms. The molecule has 0 unspecified atom stereocenters. The molecule has 0 spiro atoms. The number of thiol groups is 1. The van der Waals surface area contributed by atoms with Crippen molar-refractivity contribution in [3.05, 3.63) is 126 Å². The minimum absolute atomic E-state index is 0.0789.